The van der Waals surface area contributed by atoms with Crippen LogP contribution in [-0.2, 0) is 24.4 Å². The zero-order valence-electron chi connectivity index (χ0n) is 21.5. The van der Waals surface area contributed by atoms with Gasteiger partial charge < -0.3 is 18.9 Å². The van der Waals surface area contributed by atoms with Crippen LogP contribution in [0, 0.1) is 0 Å². The summed E-state index contributed by atoms with van der Waals surface area (Å²) in [5.74, 6) is 0.320. The standard InChI is InChI=1S/C28H38BrNO5/c1-6-7-13-34-26(31)18-25(30-19-21-11-9-8-10-12-21)23-16-22(28(2,3)4)17-24(29)27(23)35-20-33-15-14-32-5/h8-12,16-17,19,25H,6-7,13-15,18,20H2,1-5H3/t25-/m0/s1. The molecule has 0 radical (unpaired) electrons. The van der Waals surface area contributed by atoms with Crippen LogP contribution in [0.25, 0.3) is 0 Å². The Bertz CT molecular complexity index is 940. The molecular weight excluding hydrogens is 510 g/mol. The summed E-state index contributed by atoms with van der Waals surface area (Å²) in [6.45, 7) is 9.87. The van der Waals surface area contributed by atoms with E-state index in [2.05, 4.69) is 49.7 Å². The van der Waals surface area contributed by atoms with E-state index in [1.807, 2.05) is 36.4 Å². The Morgan fingerprint density at radius 1 is 1.11 bits per heavy atom. The lowest BCUT2D eigenvalue weighted by Gasteiger charge is -2.25. The Kier molecular flexibility index (Phi) is 12.4. The summed E-state index contributed by atoms with van der Waals surface area (Å²) in [6, 6.07) is 13.4. The average Bonchev–Trinajstić information content (AvgIpc) is 2.82. The number of unbranched alkanes of at least 4 members (excludes halogenated alkanes) is 1. The summed E-state index contributed by atoms with van der Waals surface area (Å²) < 4.78 is 22.9. The second-order valence-corrected chi connectivity index (χ2v) is 10.1. The van der Waals surface area contributed by atoms with Crippen molar-refractivity contribution >= 4 is 28.1 Å². The normalized spacial score (nSPS) is 12.6. The number of esters is 1. The zero-order valence-corrected chi connectivity index (χ0v) is 23.1. The van der Waals surface area contributed by atoms with Gasteiger partial charge in [-0.05, 0) is 51.0 Å². The Morgan fingerprint density at radius 3 is 2.51 bits per heavy atom. The third-order valence-corrected chi connectivity index (χ3v) is 5.93. The molecule has 7 heteroatoms. The van der Waals surface area contributed by atoms with Crippen LogP contribution in [0.5, 0.6) is 5.75 Å². The highest BCUT2D eigenvalue weighted by Gasteiger charge is 2.25. The number of halogens is 1. The van der Waals surface area contributed by atoms with Crippen LogP contribution < -0.4 is 4.74 Å². The fourth-order valence-electron chi connectivity index (χ4n) is 3.25. The molecule has 192 valence electrons. The largest absolute Gasteiger partial charge is 0.466 e. The summed E-state index contributed by atoms with van der Waals surface area (Å²) in [4.78, 5) is 17.6. The van der Waals surface area contributed by atoms with Gasteiger partial charge in [-0.15, -0.1) is 0 Å². The van der Waals surface area contributed by atoms with Gasteiger partial charge in [0.1, 0.15) is 5.75 Å². The molecule has 35 heavy (non-hydrogen) atoms. The Labute approximate surface area is 218 Å². The van der Waals surface area contributed by atoms with E-state index in [9.17, 15) is 4.79 Å². The highest BCUT2D eigenvalue weighted by molar-refractivity contribution is 9.10. The minimum atomic E-state index is -0.489. The molecule has 2 aromatic carbocycles. The van der Waals surface area contributed by atoms with Gasteiger partial charge in [0.15, 0.2) is 6.79 Å². The van der Waals surface area contributed by atoms with E-state index in [4.69, 9.17) is 23.9 Å². The lowest BCUT2D eigenvalue weighted by Crippen LogP contribution is -2.16. The van der Waals surface area contributed by atoms with Gasteiger partial charge in [0.05, 0.1) is 36.8 Å². The molecule has 0 aliphatic heterocycles. The molecule has 0 saturated carbocycles. The summed E-state index contributed by atoms with van der Waals surface area (Å²) in [5, 5.41) is 0. The zero-order chi connectivity index (χ0) is 25.7. The lowest BCUT2D eigenvalue weighted by atomic mass is 9.85. The van der Waals surface area contributed by atoms with Gasteiger partial charge in [-0.3, -0.25) is 9.79 Å². The van der Waals surface area contributed by atoms with E-state index in [-0.39, 0.29) is 24.6 Å². The minimum Gasteiger partial charge on any atom is -0.466 e. The van der Waals surface area contributed by atoms with Crippen LogP contribution >= 0.6 is 15.9 Å². The molecule has 0 N–H and O–H groups in total. The second-order valence-electron chi connectivity index (χ2n) is 9.27. The molecule has 0 aliphatic rings. The number of hydrogen-bond acceptors (Lipinski definition) is 6. The van der Waals surface area contributed by atoms with Crippen LogP contribution in [-0.4, -0.2) is 45.9 Å². The van der Waals surface area contributed by atoms with Crippen molar-refractivity contribution < 1.29 is 23.7 Å². The first-order chi connectivity index (χ1) is 16.8. The third kappa shape index (κ3) is 10.1. The van der Waals surface area contributed by atoms with Crippen molar-refractivity contribution in [2.75, 3.05) is 33.7 Å². The summed E-state index contributed by atoms with van der Waals surface area (Å²) in [6.07, 6.45) is 3.70. The fraction of sp³-hybridized carbons (Fsp3) is 0.500. The number of aliphatic imine (C=N–C) groups is 1. The number of carbonyl (C=O) groups is 1. The van der Waals surface area contributed by atoms with E-state index >= 15 is 0 Å². The SMILES string of the molecule is CCCCOC(=O)C[C@H](N=Cc1ccccc1)c1cc(C(C)(C)C)cc(Br)c1OCOCCOC. The number of hydrogen-bond donors (Lipinski definition) is 0. The van der Waals surface area contributed by atoms with Gasteiger partial charge in [-0.1, -0.05) is 64.4 Å². The van der Waals surface area contributed by atoms with Crippen molar-refractivity contribution in [3.63, 3.8) is 0 Å². The topological polar surface area (TPSA) is 66.4 Å². The monoisotopic (exact) mass is 547 g/mol. The number of methoxy groups -OCH3 is 1. The molecule has 0 aliphatic carbocycles. The van der Waals surface area contributed by atoms with Crippen LogP contribution in [0.2, 0.25) is 0 Å². The van der Waals surface area contributed by atoms with E-state index in [1.54, 1.807) is 13.3 Å². The first kappa shape index (κ1) is 29.0. The maximum atomic E-state index is 12.7. The third-order valence-electron chi connectivity index (χ3n) is 5.34. The van der Waals surface area contributed by atoms with Crippen molar-refractivity contribution in [3.8, 4) is 5.75 Å². The van der Waals surface area contributed by atoms with Gasteiger partial charge >= 0.3 is 5.97 Å². The highest BCUT2D eigenvalue weighted by Crippen LogP contribution is 2.40. The van der Waals surface area contributed by atoms with Crippen LogP contribution in [0.15, 0.2) is 51.9 Å². The Balaban J connectivity index is 2.44. The maximum absolute atomic E-state index is 12.7. The van der Waals surface area contributed by atoms with E-state index in [0.29, 0.717) is 25.6 Å². The van der Waals surface area contributed by atoms with Gasteiger partial charge in [0.2, 0.25) is 0 Å². The van der Waals surface area contributed by atoms with Crippen molar-refractivity contribution in [2.24, 2.45) is 4.99 Å². The molecule has 0 heterocycles. The highest BCUT2D eigenvalue weighted by atomic mass is 79.9. The van der Waals surface area contributed by atoms with Crippen LogP contribution in [0.4, 0.5) is 0 Å². The minimum absolute atomic E-state index is 0.0554. The van der Waals surface area contributed by atoms with Gasteiger partial charge in [0.25, 0.3) is 0 Å². The van der Waals surface area contributed by atoms with Crippen LogP contribution in [0.3, 0.4) is 0 Å². The smallest absolute Gasteiger partial charge is 0.308 e. The van der Waals surface area contributed by atoms with Gasteiger partial charge in [-0.25, -0.2) is 0 Å². The van der Waals surface area contributed by atoms with Gasteiger partial charge in [0, 0.05) is 18.9 Å². The molecule has 0 aromatic heterocycles. The maximum Gasteiger partial charge on any atom is 0.308 e. The first-order valence-electron chi connectivity index (χ1n) is 12.0. The number of benzene rings is 2. The number of nitrogens with zero attached hydrogens (tertiary/aromatic N) is 1. The van der Waals surface area contributed by atoms with E-state index in [0.717, 1.165) is 34.0 Å². The average molecular weight is 549 g/mol. The molecule has 1 atom stereocenters. The quantitative estimate of drug-likeness (QED) is 0.115. The van der Waals surface area contributed by atoms with E-state index in [1.165, 1.54) is 0 Å². The van der Waals surface area contributed by atoms with Gasteiger partial charge in [-0.2, -0.15) is 0 Å². The predicted octanol–water partition coefficient (Wildman–Crippen LogP) is 6.64. The van der Waals surface area contributed by atoms with Crippen molar-refractivity contribution in [2.45, 2.75) is 58.4 Å². The number of ether oxygens (including phenoxy) is 4. The van der Waals surface area contributed by atoms with E-state index < -0.39 is 6.04 Å². The molecule has 0 fully saturated rings. The second kappa shape index (κ2) is 15.0. The molecule has 6 nitrogen and oxygen atoms in total. The van der Waals surface area contributed by atoms with Crippen molar-refractivity contribution in [1.29, 1.82) is 0 Å². The summed E-state index contributed by atoms with van der Waals surface area (Å²) >= 11 is 3.68. The molecule has 0 saturated heterocycles. The van der Waals surface area contributed by atoms with Crippen molar-refractivity contribution in [1.82, 2.24) is 0 Å². The molecule has 2 rings (SSSR count). The molecule has 0 unspecified atom stereocenters. The summed E-state index contributed by atoms with van der Waals surface area (Å²) in [7, 11) is 1.62. The fourth-order valence-corrected chi connectivity index (χ4v) is 3.84. The van der Waals surface area contributed by atoms with Crippen LogP contribution in [0.1, 0.15) is 69.7 Å². The molecule has 2 aromatic rings. The molecule has 0 bridgehead atoms. The Hall–Kier alpha value is -2.22. The number of carbonyl (C=O) groups excluding carboxylic acids is 1. The molecular formula is C28H38BrNO5. The molecule has 0 spiro atoms. The predicted molar refractivity (Wildman–Crippen MR) is 143 cm³/mol. The number of rotatable bonds is 14. The first-order valence-corrected chi connectivity index (χ1v) is 12.8. The van der Waals surface area contributed by atoms with Crippen molar-refractivity contribution in [3.05, 3.63) is 63.6 Å². The molecule has 0 amide bonds. The lowest BCUT2D eigenvalue weighted by molar-refractivity contribution is -0.144. The summed E-state index contributed by atoms with van der Waals surface area (Å²) in [5.41, 5.74) is 2.75. The Morgan fingerprint density at radius 2 is 1.86 bits per heavy atom.